The van der Waals surface area contributed by atoms with E-state index >= 15 is 0 Å². The molecule has 5 atom stereocenters. The molecule has 196 valence electrons. The Labute approximate surface area is 200 Å². The number of nitrogens with one attached hydrogen (secondary N) is 3. The molecule has 0 spiro atoms. The van der Waals surface area contributed by atoms with Crippen molar-refractivity contribution in [1.82, 2.24) is 16.0 Å². The predicted octanol–water partition coefficient (Wildman–Crippen LogP) is -0.451. The predicted molar refractivity (Wildman–Crippen MR) is 125 cm³/mol. The molecule has 5 unspecified atom stereocenters. The van der Waals surface area contributed by atoms with E-state index in [-0.39, 0.29) is 12.3 Å². The van der Waals surface area contributed by atoms with Crippen molar-refractivity contribution >= 4 is 29.7 Å². The Morgan fingerprint density at radius 2 is 1.41 bits per heavy atom. The van der Waals surface area contributed by atoms with E-state index in [0.717, 1.165) is 0 Å². The summed E-state index contributed by atoms with van der Waals surface area (Å²) in [6.07, 6.45) is 1.61. The molecular formula is C22H41N5O7. The number of carbonyl (C=O) groups is 5. The van der Waals surface area contributed by atoms with Gasteiger partial charge in [-0.25, -0.2) is 4.79 Å². The van der Waals surface area contributed by atoms with Crippen LogP contribution >= 0.6 is 0 Å². The van der Waals surface area contributed by atoms with Crippen molar-refractivity contribution in [3.05, 3.63) is 0 Å². The molecule has 0 aliphatic heterocycles. The topological polar surface area (TPSA) is 214 Å². The molecule has 0 saturated carbocycles. The number of carboxylic acids is 2. The van der Waals surface area contributed by atoms with Crippen molar-refractivity contribution in [2.45, 2.75) is 90.4 Å². The molecule has 0 aliphatic rings. The number of hydrogen-bond donors (Lipinski definition) is 7. The van der Waals surface area contributed by atoms with Gasteiger partial charge in [0.15, 0.2) is 0 Å². The number of amides is 3. The van der Waals surface area contributed by atoms with E-state index in [1.807, 2.05) is 6.92 Å². The van der Waals surface area contributed by atoms with Crippen LogP contribution in [0.2, 0.25) is 0 Å². The molecule has 0 heterocycles. The lowest BCUT2D eigenvalue weighted by molar-refractivity contribution is -0.144. The van der Waals surface area contributed by atoms with Crippen LogP contribution in [0.3, 0.4) is 0 Å². The molecule has 12 nitrogen and oxygen atoms in total. The molecule has 12 heteroatoms. The zero-order valence-electron chi connectivity index (χ0n) is 20.5. The molecule has 0 fully saturated rings. The second kappa shape index (κ2) is 16.0. The monoisotopic (exact) mass is 487 g/mol. The summed E-state index contributed by atoms with van der Waals surface area (Å²) in [6, 6.07) is -4.36. The van der Waals surface area contributed by atoms with Gasteiger partial charge in [-0.3, -0.25) is 19.2 Å². The van der Waals surface area contributed by atoms with Gasteiger partial charge in [0.2, 0.25) is 17.7 Å². The third kappa shape index (κ3) is 11.4. The number of hydrogen-bond acceptors (Lipinski definition) is 7. The lowest BCUT2D eigenvalue weighted by Gasteiger charge is -2.28. The average molecular weight is 488 g/mol. The minimum atomic E-state index is -1.30. The number of nitrogens with two attached hydrogens (primary N) is 2. The Morgan fingerprint density at radius 3 is 1.88 bits per heavy atom. The summed E-state index contributed by atoms with van der Waals surface area (Å²) in [5.74, 6) is -5.20. The van der Waals surface area contributed by atoms with Crippen LogP contribution in [0.5, 0.6) is 0 Å². The van der Waals surface area contributed by atoms with Crippen molar-refractivity contribution in [1.29, 1.82) is 0 Å². The maximum atomic E-state index is 13.0. The number of carboxylic acid groups (broad SMARTS) is 2. The number of rotatable bonds is 17. The standard InChI is InChI=1S/C22H41N5O7/c1-5-13(4)18(27-19(30)14(24)8-6-7-11-23)21(32)25-15(9-10-16(28)29)20(31)26-17(12(2)3)22(33)34/h12-15,17-18H,5-11,23-24H2,1-4H3,(H,25,32)(H,26,31)(H,27,30)(H,28,29)(H,33,34). The molecule has 0 radical (unpaired) electrons. The van der Waals surface area contributed by atoms with Crippen molar-refractivity contribution < 1.29 is 34.2 Å². The van der Waals surface area contributed by atoms with E-state index in [2.05, 4.69) is 16.0 Å². The third-order valence-corrected chi connectivity index (χ3v) is 5.61. The summed E-state index contributed by atoms with van der Waals surface area (Å²) in [5.41, 5.74) is 11.4. The van der Waals surface area contributed by atoms with Gasteiger partial charge < -0.3 is 37.6 Å². The summed E-state index contributed by atoms with van der Waals surface area (Å²) in [7, 11) is 0. The highest BCUT2D eigenvalue weighted by molar-refractivity contribution is 5.94. The van der Waals surface area contributed by atoms with Gasteiger partial charge >= 0.3 is 11.9 Å². The van der Waals surface area contributed by atoms with Gasteiger partial charge in [0.25, 0.3) is 0 Å². The fourth-order valence-corrected chi connectivity index (χ4v) is 3.17. The van der Waals surface area contributed by atoms with Crippen molar-refractivity contribution in [3.8, 4) is 0 Å². The molecule has 0 rings (SSSR count). The van der Waals surface area contributed by atoms with Crippen LogP contribution in [0.25, 0.3) is 0 Å². The minimum absolute atomic E-state index is 0.253. The Bertz CT molecular complexity index is 701. The van der Waals surface area contributed by atoms with Gasteiger partial charge in [-0.05, 0) is 37.6 Å². The summed E-state index contributed by atoms with van der Waals surface area (Å²) in [4.78, 5) is 60.8. The van der Waals surface area contributed by atoms with Gasteiger partial charge in [0.05, 0.1) is 6.04 Å². The first-order chi connectivity index (χ1) is 15.8. The van der Waals surface area contributed by atoms with Gasteiger partial charge in [-0.1, -0.05) is 40.5 Å². The maximum absolute atomic E-state index is 13.0. The second-order valence-electron chi connectivity index (χ2n) is 8.82. The van der Waals surface area contributed by atoms with Gasteiger partial charge in [-0.2, -0.15) is 0 Å². The summed E-state index contributed by atoms with van der Waals surface area (Å²) >= 11 is 0. The van der Waals surface area contributed by atoms with Crippen LogP contribution in [0, 0.1) is 11.8 Å². The minimum Gasteiger partial charge on any atom is -0.481 e. The molecule has 3 amide bonds. The van der Waals surface area contributed by atoms with Crippen LogP contribution in [0.1, 0.15) is 66.2 Å². The van der Waals surface area contributed by atoms with Crippen LogP contribution < -0.4 is 27.4 Å². The molecule has 0 aromatic rings. The van der Waals surface area contributed by atoms with E-state index in [1.165, 1.54) is 0 Å². The molecule has 0 aliphatic carbocycles. The van der Waals surface area contributed by atoms with E-state index in [9.17, 15) is 29.1 Å². The number of unbranched alkanes of at least 4 members (excludes halogenated alkanes) is 1. The molecule has 34 heavy (non-hydrogen) atoms. The molecule has 0 aromatic heterocycles. The molecule has 0 saturated heterocycles. The van der Waals surface area contributed by atoms with Crippen molar-refractivity contribution in [3.63, 3.8) is 0 Å². The molecule has 0 aromatic carbocycles. The number of carbonyl (C=O) groups excluding carboxylic acids is 3. The van der Waals surface area contributed by atoms with Crippen LogP contribution in [0.15, 0.2) is 0 Å². The summed E-state index contributed by atoms with van der Waals surface area (Å²) in [5, 5.41) is 25.8. The van der Waals surface area contributed by atoms with Crippen molar-refractivity contribution in [2.24, 2.45) is 23.3 Å². The summed E-state index contributed by atoms with van der Waals surface area (Å²) < 4.78 is 0. The highest BCUT2D eigenvalue weighted by Gasteiger charge is 2.33. The zero-order chi connectivity index (χ0) is 26.4. The van der Waals surface area contributed by atoms with E-state index in [0.29, 0.717) is 32.2 Å². The Kier molecular flexibility index (Phi) is 14.7. The Morgan fingerprint density at radius 1 is 0.824 bits per heavy atom. The molecule has 9 N–H and O–H groups in total. The van der Waals surface area contributed by atoms with Crippen LogP contribution in [0.4, 0.5) is 0 Å². The first-order valence-electron chi connectivity index (χ1n) is 11.7. The normalized spacial score (nSPS) is 15.5. The van der Waals surface area contributed by atoms with Gasteiger partial charge in [-0.15, -0.1) is 0 Å². The third-order valence-electron chi connectivity index (χ3n) is 5.61. The fraction of sp³-hybridized carbons (Fsp3) is 0.773. The average Bonchev–Trinajstić information content (AvgIpc) is 2.76. The lowest BCUT2D eigenvalue weighted by atomic mass is 9.96. The highest BCUT2D eigenvalue weighted by atomic mass is 16.4. The molecule has 0 bridgehead atoms. The lowest BCUT2D eigenvalue weighted by Crippen LogP contribution is -2.59. The first kappa shape index (κ1) is 31.3. The SMILES string of the molecule is CCC(C)C(NC(=O)C(N)CCCCN)C(=O)NC(CCC(=O)O)C(=O)NC(C(=O)O)C(C)C. The highest BCUT2D eigenvalue weighted by Crippen LogP contribution is 2.11. The Hall–Kier alpha value is -2.73. The summed E-state index contributed by atoms with van der Waals surface area (Å²) in [6.45, 7) is 7.26. The maximum Gasteiger partial charge on any atom is 0.326 e. The van der Waals surface area contributed by atoms with Gasteiger partial charge in [0.1, 0.15) is 18.1 Å². The zero-order valence-corrected chi connectivity index (χ0v) is 20.5. The number of aliphatic carboxylic acids is 2. The van der Waals surface area contributed by atoms with Gasteiger partial charge in [0, 0.05) is 6.42 Å². The fourth-order valence-electron chi connectivity index (χ4n) is 3.17. The second-order valence-corrected chi connectivity index (χ2v) is 8.82. The smallest absolute Gasteiger partial charge is 0.326 e. The van der Waals surface area contributed by atoms with Crippen molar-refractivity contribution in [2.75, 3.05) is 6.54 Å². The largest absolute Gasteiger partial charge is 0.481 e. The molecular weight excluding hydrogens is 446 g/mol. The first-order valence-corrected chi connectivity index (χ1v) is 11.7. The van der Waals surface area contributed by atoms with E-state index < -0.39 is 66.2 Å². The van der Waals surface area contributed by atoms with Crippen LogP contribution in [-0.2, 0) is 24.0 Å². The van der Waals surface area contributed by atoms with E-state index in [1.54, 1.807) is 20.8 Å². The quantitative estimate of drug-likeness (QED) is 0.132. The Balaban J connectivity index is 5.53. The van der Waals surface area contributed by atoms with Crippen LogP contribution in [-0.4, -0.2) is 70.6 Å². The van der Waals surface area contributed by atoms with E-state index in [4.69, 9.17) is 16.6 Å².